The average Bonchev–Trinajstić information content (AvgIpc) is 2.78. The minimum atomic E-state index is 0.634. The van der Waals surface area contributed by atoms with Gasteiger partial charge in [-0.1, -0.05) is 0 Å². The van der Waals surface area contributed by atoms with Crippen molar-refractivity contribution in [1.29, 1.82) is 0 Å². The second-order valence-corrected chi connectivity index (χ2v) is 3.89. The highest BCUT2D eigenvalue weighted by molar-refractivity contribution is 14.1. The van der Waals surface area contributed by atoms with Gasteiger partial charge in [-0.15, -0.1) is 0 Å². The molecule has 1 aliphatic carbocycles. The predicted octanol–water partition coefficient (Wildman–Crippen LogP) is 1.66. The van der Waals surface area contributed by atoms with Gasteiger partial charge in [-0.3, -0.25) is 0 Å². The smallest absolute Gasteiger partial charge is 0.222 e. The van der Waals surface area contributed by atoms with Gasteiger partial charge in [0.1, 0.15) is 0 Å². The van der Waals surface area contributed by atoms with Crippen LogP contribution in [0.1, 0.15) is 12.8 Å². The Morgan fingerprint density at radius 2 is 2.00 bits per heavy atom. The molecule has 2 rings (SSSR count). The van der Waals surface area contributed by atoms with Crippen LogP contribution in [0, 0.1) is 3.57 Å². The van der Waals surface area contributed by atoms with Gasteiger partial charge in [0.05, 0.1) is 0 Å². The molecule has 0 bridgehead atoms. The fourth-order valence-electron chi connectivity index (χ4n) is 0.797. The first kappa shape index (κ1) is 7.27. The van der Waals surface area contributed by atoms with Gasteiger partial charge >= 0.3 is 0 Å². The Hall–Kier alpha value is -0.390. The summed E-state index contributed by atoms with van der Waals surface area (Å²) in [4.78, 5) is 8.26. The van der Waals surface area contributed by atoms with E-state index in [1.165, 1.54) is 12.8 Å². The molecule has 1 aromatic rings. The van der Waals surface area contributed by atoms with E-state index in [2.05, 4.69) is 37.9 Å². The zero-order valence-electron chi connectivity index (χ0n) is 5.92. The van der Waals surface area contributed by atoms with Crippen molar-refractivity contribution in [2.75, 3.05) is 5.32 Å². The third-order valence-electron chi connectivity index (χ3n) is 1.53. The van der Waals surface area contributed by atoms with E-state index in [-0.39, 0.29) is 0 Å². The van der Waals surface area contributed by atoms with Gasteiger partial charge in [0.15, 0.2) is 0 Å². The minimum absolute atomic E-state index is 0.634. The van der Waals surface area contributed by atoms with Crippen molar-refractivity contribution in [2.24, 2.45) is 0 Å². The maximum Gasteiger partial charge on any atom is 0.222 e. The quantitative estimate of drug-likeness (QED) is 0.822. The molecule has 4 heteroatoms. The maximum atomic E-state index is 4.13. The minimum Gasteiger partial charge on any atom is -0.351 e. The standard InChI is InChI=1S/C7H8IN3/c8-5-3-9-7(10-4-5)11-6-1-2-6/h3-4,6H,1-2H2,(H,9,10,11). The first-order valence-corrected chi connectivity index (χ1v) is 4.66. The fraction of sp³-hybridized carbons (Fsp3) is 0.429. The van der Waals surface area contributed by atoms with E-state index in [1.54, 1.807) is 0 Å². The molecule has 0 amide bonds. The number of anilines is 1. The summed E-state index contributed by atoms with van der Waals surface area (Å²) in [6.45, 7) is 0. The molecule has 1 aromatic heterocycles. The summed E-state index contributed by atoms with van der Waals surface area (Å²) in [5.74, 6) is 0.757. The number of rotatable bonds is 2. The first-order chi connectivity index (χ1) is 5.34. The number of aromatic nitrogens is 2. The van der Waals surface area contributed by atoms with Crippen LogP contribution >= 0.6 is 22.6 Å². The molecule has 0 aromatic carbocycles. The number of halogens is 1. The zero-order chi connectivity index (χ0) is 7.68. The Kier molecular flexibility index (Phi) is 1.93. The lowest BCUT2D eigenvalue weighted by molar-refractivity contribution is 1.05. The van der Waals surface area contributed by atoms with Crippen LogP contribution in [0.2, 0.25) is 0 Å². The SMILES string of the molecule is Ic1cnc(NC2CC2)nc1. The molecule has 0 atom stereocenters. The molecular weight excluding hydrogens is 253 g/mol. The molecule has 0 spiro atoms. The van der Waals surface area contributed by atoms with E-state index >= 15 is 0 Å². The van der Waals surface area contributed by atoms with Crippen molar-refractivity contribution >= 4 is 28.5 Å². The second-order valence-electron chi connectivity index (χ2n) is 2.64. The third kappa shape index (κ3) is 2.02. The van der Waals surface area contributed by atoms with Crippen LogP contribution < -0.4 is 5.32 Å². The molecule has 58 valence electrons. The van der Waals surface area contributed by atoms with Crippen molar-refractivity contribution in [3.63, 3.8) is 0 Å². The van der Waals surface area contributed by atoms with E-state index in [0.717, 1.165) is 9.52 Å². The van der Waals surface area contributed by atoms with E-state index in [1.807, 2.05) is 12.4 Å². The Morgan fingerprint density at radius 3 is 2.55 bits per heavy atom. The molecule has 11 heavy (non-hydrogen) atoms. The van der Waals surface area contributed by atoms with E-state index in [4.69, 9.17) is 0 Å². The molecule has 0 unspecified atom stereocenters. The van der Waals surface area contributed by atoms with E-state index < -0.39 is 0 Å². The van der Waals surface area contributed by atoms with Crippen LogP contribution in [0.4, 0.5) is 5.95 Å². The van der Waals surface area contributed by atoms with Crippen LogP contribution in [-0.4, -0.2) is 16.0 Å². The second kappa shape index (κ2) is 2.92. The molecule has 1 fully saturated rings. The lowest BCUT2D eigenvalue weighted by Crippen LogP contribution is -2.04. The lowest BCUT2D eigenvalue weighted by atomic mass is 10.6. The van der Waals surface area contributed by atoms with Crippen molar-refractivity contribution in [2.45, 2.75) is 18.9 Å². The summed E-state index contributed by atoms with van der Waals surface area (Å²) in [7, 11) is 0. The topological polar surface area (TPSA) is 37.8 Å². The monoisotopic (exact) mass is 261 g/mol. The highest BCUT2D eigenvalue weighted by Gasteiger charge is 2.21. The molecule has 1 aliphatic rings. The molecule has 3 nitrogen and oxygen atoms in total. The number of nitrogens with one attached hydrogen (secondary N) is 1. The number of hydrogen-bond donors (Lipinski definition) is 1. The number of hydrogen-bond acceptors (Lipinski definition) is 3. The van der Waals surface area contributed by atoms with Crippen LogP contribution in [0.3, 0.4) is 0 Å². The summed E-state index contributed by atoms with van der Waals surface area (Å²) in [5, 5.41) is 3.22. The predicted molar refractivity (Wildman–Crippen MR) is 51.4 cm³/mol. The van der Waals surface area contributed by atoms with Crippen molar-refractivity contribution in [3.05, 3.63) is 16.0 Å². The van der Waals surface area contributed by atoms with Crippen LogP contribution in [0.15, 0.2) is 12.4 Å². The van der Waals surface area contributed by atoms with Crippen LogP contribution in [0.25, 0.3) is 0 Å². The van der Waals surface area contributed by atoms with Crippen molar-refractivity contribution in [3.8, 4) is 0 Å². The molecule has 0 aliphatic heterocycles. The summed E-state index contributed by atoms with van der Waals surface area (Å²) in [5.41, 5.74) is 0. The van der Waals surface area contributed by atoms with Crippen molar-refractivity contribution in [1.82, 2.24) is 9.97 Å². The molecule has 1 N–H and O–H groups in total. The van der Waals surface area contributed by atoms with Gasteiger partial charge in [0.25, 0.3) is 0 Å². The molecular formula is C7H8IN3. The zero-order valence-corrected chi connectivity index (χ0v) is 8.08. The Labute approximate surface area is 78.8 Å². The summed E-state index contributed by atoms with van der Waals surface area (Å²) in [6, 6.07) is 0.634. The van der Waals surface area contributed by atoms with Crippen molar-refractivity contribution < 1.29 is 0 Å². The van der Waals surface area contributed by atoms with Gasteiger partial charge in [0.2, 0.25) is 5.95 Å². The largest absolute Gasteiger partial charge is 0.351 e. The highest BCUT2D eigenvalue weighted by Crippen LogP contribution is 2.22. The Balaban J connectivity index is 2.06. The summed E-state index contributed by atoms with van der Waals surface area (Å²) in [6.07, 6.45) is 6.15. The van der Waals surface area contributed by atoms with Gasteiger partial charge in [0, 0.05) is 22.0 Å². The van der Waals surface area contributed by atoms with Crippen LogP contribution in [-0.2, 0) is 0 Å². The van der Waals surface area contributed by atoms with Gasteiger partial charge in [-0.25, -0.2) is 9.97 Å². The molecule has 1 saturated carbocycles. The Morgan fingerprint density at radius 1 is 1.36 bits per heavy atom. The summed E-state index contributed by atoms with van der Waals surface area (Å²) >= 11 is 2.19. The normalized spacial score (nSPS) is 16.5. The van der Waals surface area contributed by atoms with Crippen LogP contribution in [0.5, 0.6) is 0 Å². The first-order valence-electron chi connectivity index (χ1n) is 3.59. The van der Waals surface area contributed by atoms with Gasteiger partial charge < -0.3 is 5.32 Å². The number of nitrogens with zero attached hydrogens (tertiary/aromatic N) is 2. The summed E-state index contributed by atoms with van der Waals surface area (Å²) < 4.78 is 1.07. The average molecular weight is 261 g/mol. The lowest BCUT2D eigenvalue weighted by Gasteiger charge is -1.99. The van der Waals surface area contributed by atoms with Gasteiger partial charge in [-0.2, -0.15) is 0 Å². The fourth-order valence-corrected chi connectivity index (χ4v) is 1.08. The third-order valence-corrected chi connectivity index (χ3v) is 2.09. The van der Waals surface area contributed by atoms with E-state index in [9.17, 15) is 0 Å². The Bertz CT molecular complexity index is 242. The molecule has 0 saturated heterocycles. The molecule has 1 heterocycles. The van der Waals surface area contributed by atoms with E-state index in [0.29, 0.717) is 6.04 Å². The van der Waals surface area contributed by atoms with Gasteiger partial charge in [-0.05, 0) is 35.4 Å². The highest BCUT2D eigenvalue weighted by atomic mass is 127. The maximum absolute atomic E-state index is 4.13. The molecule has 0 radical (unpaired) electrons.